The van der Waals surface area contributed by atoms with Crippen molar-refractivity contribution >= 4 is 17.4 Å². The van der Waals surface area contributed by atoms with Gasteiger partial charge in [0, 0.05) is 18.1 Å². The largest absolute Gasteiger partial charge is 0.320 e. The van der Waals surface area contributed by atoms with E-state index in [1.54, 1.807) is 18.5 Å². The van der Waals surface area contributed by atoms with Crippen LogP contribution < -0.4 is 16.6 Å². The van der Waals surface area contributed by atoms with Crippen molar-refractivity contribution in [2.75, 3.05) is 10.7 Å². The number of nitrogens with zero attached hydrogens (tertiary/aromatic N) is 3. The summed E-state index contributed by atoms with van der Waals surface area (Å²) in [4.78, 5) is 23.7. The van der Waals surface area contributed by atoms with E-state index in [9.17, 15) is 4.79 Å². The zero-order valence-electron chi connectivity index (χ0n) is 9.71. The number of aromatic nitrogens is 3. The van der Waals surface area contributed by atoms with E-state index >= 15 is 0 Å². The van der Waals surface area contributed by atoms with Gasteiger partial charge in [-0.15, -0.1) is 0 Å². The monoisotopic (exact) mass is 244 g/mol. The maximum atomic E-state index is 11.9. The predicted octanol–water partition coefficient (Wildman–Crippen LogP) is 0.718. The Hall–Kier alpha value is -2.54. The summed E-state index contributed by atoms with van der Waals surface area (Å²) in [5.74, 6) is 5.18. The molecule has 0 aliphatic rings. The van der Waals surface area contributed by atoms with Gasteiger partial charge < -0.3 is 10.7 Å². The minimum Gasteiger partial charge on any atom is -0.320 e. The first-order valence-electron chi connectivity index (χ1n) is 5.21. The molecule has 7 nitrogen and oxygen atoms in total. The molecule has 0 aliphatic heterocycles. The summed E-state index contributed by atoms with van der Waals surface area (Å²) in [6, 6.07) is 1.71. The van der Waals surface area contributed by atoms with Gasteiger partial charge in [-0.1, -0.05) is 0 Å². The van der Waals surface area contributed by atoms with E-state index in [0.29, 0.717) is 11.5 Å². The SMILES string of the molecule is Cc1cnccc1NC(=O)c1cncc(NN)n1. The molecule has 0 aromatic carbocycles. The second-order valence-corrected chi connectivity index (χ2v) is 3.58. The Balaban J connectivity index is 2.19. The summed E-state index contributed by atoms with van der Waals surface area (Å²) in [5, 5.41) is 2.73. The van der Waals surface area contributed by atoms with E-state index in [0.717, 1.165) is 5.56 Å². The normalized spacial score (nSPS) is 9.89. The van der Waals surface area contributed by atoms with Crippen LogP contribution in [0.25, 0.3) is 0 Å². The number of rotatable bonds is 3. The van der Waals surface area contributed by atoms with Crippen molar-refractivity contribution in [3.8, 4) is 0 Å². The van der Waals surface area contributed by atoms with Gasteiger partial charge in [-0.3, -0.25) is 14.8 Å². The molecule has 0 bridgehead atoms. The van der Waals surface area contributed by atoms with Gasteiger partial charge >= 0.3 is 0 Å². The molecule has 0 unspecified atom stereocenters. The first kappa shape index (κ1) is 11.9. The minimum absolute atomic E-state index is 0.182. The first-order chi connectivity index (χ1) is 8.70. The zero-order chi connectivity index (χ0) is 13.0. The van der Waals surface area contributed by atoms with Gasteiger partial charge in [-0.25, -0.2) is 10.8 Å². The molecule has 0 radical (unpaired) electrons. The van der Waals surface area contributed by atoms with E-state index in [2.05, 4.69) is 25.7 Å². The lowest BCUT2D eigenvalue weighted by atomic mass is 10.2. The lowest BCUT2D eigenvalue weighted by molar-refractivity contribution is 0.102. The molecular weight excluding hydrogens is 232 g/mol. The number of amides is 1. The Kier molecular flexibility index (Phi) is 3.44. The number of aryl methyl sites for hydroxylation is 1. The molecule has 1 amide bonds. The molecule has 18 heavy (non-hydrogen) atoms. The highest BCUT2D eigenvalue weighted by Crippen LogP contribution is 2.12. The molecule has 0 fully saturated rings. The molecular formula is C11H12N6O. The number of hydrogen-bond donors (Lipinski definition) is 3. The Morgan fingerprint density at radius 2 is 2.11 bits per heavy atom. The van der Waals surface area contributed by atoms with Crippen molar-refractivity contribution in [3.05, 3.63) is 42.1 Å². The Morgan fingerprint density at radius 1 is 1.28 bits per heavy atom. The number of nitrogens with two attached hydrogens (primary N) is 1. The number of carbonyl (C=O) groups is 1. The van der Waals surface area contributed by atoms with Crippen LogP contribution in [0.3, 0.4) is 0 Å². The molecule has 0 aliphatic carbocycles. The highest BCUT2D eigenvalue weighted by Gasteiger charge is 2.10. The van der Waals surface area contributed by atoms with E-state index in [1.165, 1.54) is 12.4 Å². The van der Waals surface area contributed by atoms with Crippen molar-refractivity contribution in [1.29, 1.82) is 0 Å². The van der Waals surface area contributed by atoms with Crippen LogP contribution in [0.4, 0.5) is 11.5 Å². The number of hydrogen-bond acceptors (Lipinski definition) is 6. The third kappa shape index (κ3) is 2.58. The highest BCUT2D eigenvalue weighted by molar-refractivity contribution is 6.03. The van der Waals surface area contributed by atoms with E-state index in [-0.39, 0.29) is 11.6 Å². The highest BCUT2D eigenvalue weighted by atomic mass is 16.1. The van der Waals surface area contributed by atoms with Crippen LogP contribution in [0.1, 0.15) is 16.1 Å². The van der Waals surface area contributed by atoms with Crippen LogP contribution in [-0.2, 0) is 0 Å². The number of hydrazine groups is 1. The average molecular weight is 244 g/mol. The summed E-state index contributed by atoms with van der Waals surface area (Å²) < 4.78 is 0. The van der Waals surface area contributed by atoms with Crippen LogP contribution in [0, 0.1) is 6.92 Å². The number of carbonyl (C=O) groups excluding carboxylic acids is 1. The molecule has 2 heterocycles. The first-order valence-corrected chi connectivity index (χ1v) is 5.21. The Morgan fingerprint density at radius 3 is 2.83 bits per heavy atom. The van der Waals surface area contributed by atoms with Crippen molar-refractivity contribution in [2.45, 2.75) is 6.92 Å². The molecule has 4 N–H and O–H groups in total. The third-order valence-corrected chi connectivity index (χ3v) is 2.28. The van der Waals surface area contributed by atoms with Gasteiger partial charge in [-0.05, 0) is 18.6 Å². The van der Waals surface area contributed by atoms with Gasteiger partial charge in [0.15, 0.2) is 5.82 Å². The summed E-state index contributed by atoms with van der Waals surface area (Å²) in [5.41, 5.74) is 4.07. The molecule has 2 aromatic heterocycles. The summed E-state index contributed by atoms with van der Waals surface area (Å²) in [6.07, 6.45) is 6.06. The van der Waals surface area contributed by atoms with Crippen molar-refractivity contribution < 1.29 is 4.79 Å². The number of nitrogens with one attached hydrogen (secondary N) is 2. The van der Waals surface area contributed by atoms with Crippen LogP contribution in [0.15, 0.2) is 30.9 Å². The fraction of sp³-hybridized carbons (Fsp3) is 0.0909. The van der Waals surface area contributed by atoms with E-state index < -0.39 is 0 Å². The average Bonchev–Trinajstić information content (AvgIpc) is 2.41. The predicted molar refractivity (Wildman–Crippen MR) is 66.8 cm³/mol. The summed E-state index contributed by atoms with van der Waals surface area (Å²) in [7, 11) is 0. The van der Waals surface area contributed by atoms with Gasteiger partial charge in [0.2, 0.25) is 0 Å². The van der Waals surface area contributed by atoms with Gasteiger partial charge in [0.1, 0.15) is 5.69 Å². The molecule has 7 heteroatoms. The number of pyridine rings is 1. The second kappa shape index (κ2) is 5.19. The van der Waals surface area contributed by atoms with Crippen molar-refractivity contribution in [2.24, 2.45) is 5.84 Å². The van der Waals surface area contributed by atoms with Crippen molar-refractivity contribution in [1.82, 2.24) is 15.0 Å². The topological polar surface area (TPSA) is 106 Å². The lowest BCUT2D eigenvalue weighted by Gasteiger charge is -2.07. The van der Waals surface area contributed by atoms with E-state index in [4.69, 9.17) is 5.84 Å². The molecule has 0 atom stereocenters. The lowest BCUT2D eigenvalue weighted by Crippen LogP contribution is -2.17. The molecule has 2 aromatic rings. The van der Waals surface area contributed by atoms with Gasteiger partial charge in [0.05, 0.1) is 12.4 Å². The Labute approximate surface area is 103 Å². The summed E-state index contributed by atoms with van der Waals surface area (Å²) >= 11 is 0. The summed E-state index contributed by atoms with van der Waals surface area (Å²) in [6.45, 7) is 1.85. The maximum absolute atomic E-state index is 11.9. The molecule has 92 valence electrons. The number of nitrogen functional groups attached to an aromatic ring is 1. The van der Waals surface area contributed by atoms with Crippen LogP contribution in [-0.4, -0.2) is 20.9 Å². The maximum Gasteiger partial charge on any atom is 0.275 e. The second-order valence-electron chi connectivity index (χ2n) is 3.58. The van der Waals surface area contributed by atoms with Crippen LogP contribution in [0.5, 0.6) is 0 Å². The fourth-order valence-corrected chi connectivity index (χ4v) is 1.34. The Bertz CT molecular complexity index is 571. The molecule has 0 saturated carbocycles. The smallest absolute Gasteiger partial charge is 0.275 e. The van der Waals surface area contributed by atoms with Crippen LogP contribution >= 0.6 is 0 Å². The zero-order valence-corrected chi connectivity index (χ0v) is 9.71. The van der Waals surface area contributed by atoms with Gasteiger partial charge in [-0.2, -0.15) is 0 Å². The molecule has 0 spiro atoms. The quantitative estimate of drug-likeness (QED) is 0.542. The van der Waals surface area contributed by atoms with Crippen molar-refractivity contribution in [3.63, 3.8) is 0 Å². The molecule has 0 saturated heterocycles. The minimum atomic E-state index is -0.353. The third-order valence-electron chi connectivity index (χ3n) is 2.28. The fourth-order valence-electron chi connectivity index (χ4n) is 1.34. The van der Waals surface area contributed by atoms with Crippen LogP contribution in [0.2, 0.25) is 0 Å². The number of anilines is 2. The van der Waals surface area contributed by atoms with E-state index in [1.807, 2.05) is 6.92 Å². The van der Waals surface area contributed by atoms with Gasteiger partial charge in [0.25, 0.3) is 5.91 Å². The molecule has 2 rings (SSSR count). The standard InChI is InChI=1S/C11H12N6O/c1-7-4-13-3-2-8(7)16-11(18)9-5-14-6-10(15-9)17-12/h2-6H,12H2,1H3,(H,15,17)(H,13,16,18).